The third kappa shape index (κ3) is 2.66. The van der Waals surface area contributed by atoms with E-state index in [1.54, 1.807) is 0 Å². The Morgan fingerprint density at radius 1 is 1.64 bits per heavy atom. The third-order valence-corrected chi connectivity index (χ3v) is 2.48. The number of hydrogen-bond donors (Lipinski definition) is 0. The molecule has 1 aliphatic rings. The molecule has 0 amide bonds. The number of ether oxygens (including phenoxy) is 1. The molecule has 1 rings (SSSR count). The highest BCUT2D eigenvalue weighted by molar-refractivity contribution is 4.78. The highest BCUT2D eigenvalue weighted by Crippen LogP contribution is 2.24. The summed E-state index contributed by atoms with van der Waals surface area (Å²) in [5.74, 6) is 0.897. The second-order valence-electron chi connectivity index (χ2n) is 3.32. The van der Waals surface area contributed by atoms with E-state index in [-0.39, 0.29) is 0 Å². The molecular weight excluding hydrogens is 136 g/mol. The van der Waals surface area contributed by atoms with Crippen molar-refractivity contribution >= 4 is 0 Å². The standard InChI is InChI=1S/C10H18O/c1-3-5-10-8-9(4-2)6-7-11-10/h3,9-10H,1,4-8H2,2H3. The van der Waals surface area contributed by atoms with E-state index < -0.39 is 0 Å². The van der Waals surface area contributed by atoms with Crippen LogP contribution in [0.5, 0.6) is 0 Å². The first-order valence-corrected chi connectivity index (χ1v) is 4.59. The van der Waals surface area contributed by atoms with Gasteiger partial charge in [0.2, 0.25) is 0 Å². The highest BCUT2D eigenvalue weighted by Gasteiger charge is 2.19. The second-order valence-corrected chi connectivity index (χ2v) is 3.32. The first-order chi connectivity index (χ1) is 5.36. The summed E-state index contributed by atoms with van der Waals surface area (Å²) in [5.41, 5.74) is 0. The van der Waals surface area contributed by atoms with Gasteiger partial charge in [-0.1, -0.05) is 19.4 Å². The fourth-order valence-corrected chi connectivity index (χ4v) is 1.68. The van der Waals surface area contributed by atoms with Crippen molar-refractivity contribution in [3.05, 3.63) is 12.7 Å². The van der Waals surface area contributed by atoms with Crippen molar-refractivity contribution in [2.24, 2.45) is 5.92 Å². The summed E-state index contributed by atoms with van der Waals surface area (Å²) in [5, 5.41) is 0. The lowest BCUT2D eigenvalue weighted by Crippen LogP contribution is -2.24. The van der Waals surface area contributed by atoms with Gasteiger partial charge in [-0.15, -0.1) is 6.58 Å². The van der Waals surface area contributed by atoms with Crippen LogP contribution in [0, 0.1) is 5.92 Å². The van der Waals surface area contributed by atoms with Crippen LogP contribution in [0.4, 0.5) is 0 Å². The molecule has 0 bridgehead atoms. The van der Waals surface area contributed by atoms with Gasteiger partial charge < -0.3 is 4.74 Å². The van der Waals surface area contributed by atoms with Crippen LogP contribution in [0.1, 0.15) is 32.6 Å². The van der Waals surface area contributed by atoms with Crippen molar-refractivity contribution in [2.75, 3.05) is 6.61 Å². The Kier molecular flexibility index (Phi) is 3.64. The van der Waals surface area contributed by atoms with Crippen LogP contribution in [0.3, 0.4) is 0 Å². The largest absolute Gasteiger partial charge is 0.378 e. The van der Waals surface area contributed by atoms with Gasteiger partial charge in [0, 0.05) is 6.61 Å². The van der Waals surface area contributed by atoms with E-state index in [0.717, 1.165) is 18.9 Å². The van der Waals surface area contributed by atoms with E-state index in [1.165, 1.54) is 19.3 Å². The van der Waals surface area contributed by atoms with Gasteiger partial charge in [0.1, 0.15) is 0 Å². The van der Waals surface area contributed by atoms with Gasteiger partial charge in [-0.25, -0.2) is 0 Å². The van der Waals surface area contributed by atoms with E-state index in [0.29, 0.717) is 6.10 Å². The van der Waals surface area contributed by atoms with E-state index >= 15 is 0 Å². The van der Waals surface area contributed by atoms with Crippen molar-refractivity contribution in [3.63, 3.8) is 0 Å². The molecule has 1 nitrogen and oxygen atoms in total. The molecule has 2 unspecified atom stereocenters. The fourth-order valence-electron chi connectivity index (χ4n) is 1.68. The summed E-state index contributed by atoms with van der Waals surface area (Å²) in [6.45, 7) is 6.95. The summed E-state index contributed by atoms with van der Waals surface area (Å²) < 4.78 is 5.58. The van der Waals surface area contributed by atoms with Crippen molar-refractivity contribution in [3.8, 4) is 0 Å². The molecule has 0 aromatic heterocycles. The van der Waals surface area contributed by atoms with Crippen LogP contribution in [0.25, 0.3) is 0 Å². The highest BCUT2D eigenvalue weighted by atomic mass is 16.5. The lowest BCUT2D eigenvalue weighted by Gasteiger charge is -2.28. The third-order valence-electron chi connectivity index (χ3n) is 2.48. The molecule has 1 fully saturated rings. The summed E-state index contributed by atoms with van der Waals surface area (Å²) in [6, 6.07) is 0. The Balaban J connectivity index is 2.27. The van der Waals surface area contributed by atoms with Crippen molar-refractivity contribution < 1.29 is 4.74 Å². The molecule has 2 atom stereocenters. The Morgan fingerprint density at radius 2 is 2.45 bits per heavy atom. The minimum absolute atomic E-state index is 0.464. The van der Waals surface area contributed by atoms with Crippen LogP contribution in [0.2, 0.25) is 0 Å². The Hall–Kier alpha value is -0.300. The maximum atomic E-state index is 5.58. The Labute approximate surface area is 69.4 Å². The van der Waals surface area contributed by atoms with Gasteiger partial charge in [0.15, 0.2) is 0 Å². The van der Waals surface area contributed by atoms with E-state index in [9.17, 15) is 0 Å². The predicted octanol–water partition coefficient (Wildman–Crippen LogP) is 2.77. The maximum Gasteiger partial charge on any atom is 0.0612 e. The fraction of sp³-hybridized carbons (Fsp3) is 0.800. The van der Waals surface area contributed by atoms with Crippen LogP contribution in [-0.4, -0.2) is 12.7 Å². The molecule has 1 heteroatoms. The van der Waals surface area contributed by atoms with Crippen LogP contribution in [-0.2, 0) is 4.74 Å². The zero-order valence-corrected chi connectivity index (χ0v) is 7.38. The molecule has 0 N–H and O–H groups in total. The molecule has 1 saturated heterocycles. The summed E-state index contributed by atoms with van der Waals surface area (Å²) >= 11 is 0. The van der Waals surface area contributed by atoms with Crippen LogP contribution < -0.4 is 0 Å². The summed E-state index contributed by atoms with van der Waals surface area (Å²) in [4.78, 5) is 0. The number of rotatable bonds is 3. The molecule has 0 aliphatic carbocycles. The monoisotopic (exact) mass is 154 g/mol. The molecule has 0 radical (unpaired) electrons. The average molecular weight is 154 g/mol. The zero-order valence-electron chi connectivity index (χ0n) is 7.38. The average Bonchev–Trinajstić information content (AvgIpc) is 2.06. The topological polar surface area (TPSA) is 9.23 Å². The first-order valence-electron chi connectivity index (χ1n) is 4.59. The van der Waals surface area contributed by atoms with Gasteiger partial charge in [0.25, 0.3) is 0 Å². The van der Waals surface area contributed by atoms with E-state index in [4.69, 9.17) is 4.74 Å². The smallest absolute Gasteiger partial charge is 0.0612 e. The minimum atomic E-state index is 0.464. The molecule has 64 valence electrons. The second kappa shape index (κ2) is 4.55. The molecular formula is C10H18O. The van der Waals surface area contributed by atoms with Gasteiger partial charge in [-0.05, 0) is 25.2 Å². The molecule has 0 spiro atoms. The van der Waals surface area contributed by atoms with E-state index in [2.05, 4.69) is 13.5 Å². The lowest BCUT2D eigenvalue weighted by molar-refractivity contribution is -0.00721. The summed E-state index contributed by atoms with van der Waals surface area (Å²) in [6.07, 6.45) is 7.24. The van der Waals surface area contributed by atoms with Gasteiger partial charge >= 0.3 is 0 Å². The zero-order chi connectivity index (χ0) is 8.10. The Bertz CT molecular complexity index is 120. The molecule has 0 saturated carbocycles. The van der Waals surface area contributed by atoms with Crippen molar-refractivity contribution in [1.82, 2.24) is 0 Å². The van der Waals surface area contributed by atoms with Crippen LogP contribution in [0.15, 0.2) is 12.7 Å². The molecule has 11 heavy (non-hydrogen) atoms. The van der Waals surface area contributed by atoms with Crippen molar-refractivity contribution in [1.29, 1.82) is 0 Å². The van der Waals surface area contributed by atoms with E-state index in [1.807, 2.05) is 6.08 Å². The quantitative estimate of drug-likeness (QED) is 0.568. The summed E-state index contributed by atoms with van der Waals surface area (Å²) in [7, 11) is 0. The van der Waals surface area contributed by atoms with Crippen molar-refractivity contribution in [2.45, 2.75) is 38.7 Å². The van der Waals surface area contributed by atoms with Gasteiger partial charge in [-0.2, -0.15) is 0 Å². The lowest BCUT2D eigenvalue weighted by atomic mass is 9.92. The normalized spacial score (nSPS) is 31.7. The van der Waals surface area contributed by atoms with Crippen LogP contribution >= 0.6 is 0 Å². The Morgan fingerprint density at radius 3 is 3.09 bits per heavy atom. The predicted molar refractivity (Wildman–Crippen MR) is 47.6 cm³/mol. The molecule has 0 aromatic carbocycles. The van der Waals surface area contributed by atoms with Gasteiger partial charge in [-0.3, -0.25) is 0 Å². The minimum Gasteiger partial charge on any atom is -0.378 e. The number of hydrogen-bond acceptors (Lipinski definition) is 1. The molecule has 1 heterocycles. The molecule has 1 aliphatic heterocycles. The maximum absolute atomic E-state index is 5.58. The SMILES string of the molecule is C=CCC1CC(CC)CCO1. The first kappa shape index (κ1) is 8.79. The van der Waals surface area contributed by atoms with Gasteiger partial charge in [0.05, 0.1) is 6.10 Å². The molecule has 0 aromatic rings.